The van der Waals surface area contributed by atoms with Gasteiger partial charge in [0.05, 0.1) is 16.0 Å². The van der Waals surface area contributed by atoms with Crippen LogP contribution in [0.25, 0.3) is 10.2 Å². The number of halogens is 2. The van der Waals surface area contributed by atoms with Crippen molar-refractivity contribution in [1.29, 1.82) is 0 Å². The third-order valence-electron chi connectivity index (χ3n) is 3.09. The zero-order valence-corrected chi connectivity index (χ0v) is 15.0. The highest BCUT2D eigenvalue weighted by atomic mass is 35.5. The first-order valence-corrected chi connectivity index (χ1v) is 9.36. The number of amides is 1. The van der Waals surface area contributed by atoms with Gasteiger partial charge < -0.3 is 5.32 Å². The van der Waals surface area contributed by atoms with Crippen LogP contribution in [0, 0.1) is 0 Å². The first-order valence-electron chi connectivity index (χ1n) is 6.81. The molecule has 0 atom stereocenters. The molecule has 0 spiro atoms. The number of fused-ring (bicyclic) bond motifs is 1. The minimum atomic E-state index is -0.0489. The molecule has 3 rings (SSSR count). The number of thiazole rings is 1. The van der Waals surface area contributed by atoms with Gasteiger partial charge in [0, 0.05) is 16.6 Å². The van der Waals surface area contributed by atoms with Crippen LogP contribution >= 0.6 is 46.3 Å². The Bertz CT molecular complexity index is 851. The van der Waals surface area contributed by atoms with Gasteiger partial charge in [-0.05, 0) is 29.8 Å². The summed E-state index contributed by atoms with van der Waals surface area (Å²) in [6.07, 6.45) is 0. The summed E-state index contributed by atoms with van der Waals surface area (Å²) in [6, 6.07) is 13.1. The average molecular weight is 383 g/mol. The molecule has 118 valence electrons. The van der Waals surface area contributed by atoms with Crippen molar-refractivity contribution in [3.8, 4) is 0 Å². The predicted octanol–water partition coefficient (Wildman–Crippen LogP) is 5.01. The second kappa shape index (κ2) is 7.53. The number of hydrogen-bond acceptors (Lipinski definition) is 4. The Kier molecular flexibility index (Phi) is 5.43. The van der Waals surface area contributed by atoms with Gasteiger partial charge in [0.1, 0.15) is 0 Å². The van der Waals surface area contributed by atoms with Crippen LogP contribution in [0.4, 0.5) is 0 Å². The highest BCUT2D eigenvalue weighted by Gasteiger charge is 2.09. The van der Waals surface area contributed by atoms with Crippen molar-refractivity contribution in [2.75, 3.05) is 5.75 Å². The quantitative estimate of drug-likeness (QED) is 0.630. The molecular weight excluding hydrogens is 371 g/mol. The minimum Gasteiger partial charge on any atom is -0.351 e. The lowest BCUT2D eigenvalue weighted by atomic mass is 10.2. The molecular formula is C16H12Cl2N2OS2. The van der Waals surface area contributed by atoms with E-state index in [0.717, 1.165) is 20.1 Å². The number of thioether (sulfide) groups is 1. The summed E-state index contributed by atoms with van der Waals surface area (Å²) in [4.78, 5) is 16.4. The van der Waals surface area contributed by atoms with Gasteiger partial charge in [0.15, 0.2) is 4.34 Å². The van der Waals surface area contributed by atoms with Gasteiger partial charge in [-0.15, -0.1) is 11.3 Å². The Hall–Kier alpha value is -1.27. The monoisotopic (exact) mass is 382 g/mol. The maximum absolute atomic E-state index is 12.0. The summed E-state index contributed by atoms with van der Waals surface area (Å²) in [5.74, 6) is 0.269. The van der Waals surface area contributed by atoms with Crippen LogP contribution in [0.3, 0.4) is 0 Å². The number of aromatic nitrogens is 1. The van der Waals surface area contributed by atoms with Gasteiger partial charge in [-0.2, -0.15) is 0 Å². The molecule has 0 bridgehead atoms. The van der Waals surface area contributed by atoms with E-state index in [1.807, 2.05) is 42.5 Å². The summed E-state index contributed by atoms with van der Waals surface area (Å²) in [7, 11) is 0. The molecule has 23 heavy (non-hydrogen) atoms. The standard InChI is InChI=1S/C16H12Cl2N2OS2/c17-11-5-6-14-13(7-11)20-16(23-14)22-9-15(21)19-8-10-3-1-2-4-12(10)18/h1-7H,8-9H2,(H,19,21). The van der Waals surface area contributed by atoms with Crippen molar-refractivity contribution < 1.29 is 4.79 Å². The maximum atomic E-state index is 12.0. The third-order valence-corrected chi connectivity index (χ3v) is 5.87. The largest absolute Gasteiger partial charge is 0.351 e. The van der Waals surface area contributed by atoms with Crippen LogP contribution in [0.2, 0.25) is 10.0 Å². The molecule has 1 aromatic heterocycles. The maximum Gasteiger partial charge on any atom is 0.230 e. The zero-order valence-electron chi connectivity index (χ0n) is 11.9. The summed E-state index contributed by atoms with van der Waals surface area (Å²) in [5.41, 5.74) is 1.77. The molecule has 0 unspecified atom stereocenters. The fourth-order valence-electron chi connectivity index (χ4n) is 1.96. The first-order chi connectivity index (χ1) is 11.1. The van der Waals surface area contributed by atoms with Crippen LogP contribution in [0.5, 0.6) is 0 Å². The van der Waals surface area contributed by atoms with Crippen LogP contribution < -0.4 is 5.32 Å². The molecule has 1 N–H and O–H groups in total. The van der Waals surface area contributed by atoms with Crippen LogP contribution in [-0.2, 0) is 11.3 Å². The van der Waals surface area contributed by atoms with Gasteiger partial charge in [0.25, 0.3) is 0 Å². The molecule has 0 saturated heterocycles. The van der Waals surface area contributed by atoms with E-state index in [1.165, 1.54) is 11.8 Å². The Balaban J connectivity index is 1.54. The van der Waals surface area contributed by atoms with Crippen molar-refractivity contribution >= 4 is 62.4 Å². The molecule has 2 aromatic carbocycles. The van der Waals surface area contributed by atoms with E-state index in [0.29, 0.717) is 22.3 Å². The van der Waals surface area contributed by atoms with Crippen molar-refractivity contribution in [3.05, 3.63) is 58.1 Å². The Morgan fingerprint density at radius 2 is 2.04 bits per heavy atom. The Labute approximate surface area is 152 Å². The molecule has 0 radical (unpaired) electrons. The SMILES string of the molecule is O=C(CSc1nc2cc(Cl)ccc2s1)NCc1ccccc1Cl. The number of benzene rings is 2. The lowest BCUT2D eigenvalue weighted by Gasteiger charge is -2.06. The number of nitrogens with one attached hydrogen (secondary N) is 1. The number of carbonyl (C=O) groups excluding carboxylic acids is 1. The zero-order chi connectivity index (χ0) is 16.2. The van der Waals surface area contributed by atoms with Crippen LogP contribution in [-0.4, -0.2) is 16.6 Å². The van der Waals surface area contributed by atoms with Crippen molar-refractivity contribution in [2.45, 2.75) is 10.9 Å². The summed E-state index contributed by atoms with van der Waals surface area (Å²) in [6.45, 7) is 0.425. The van der Waals surface area contributed by atoms with Crippen LogP contribution in [0.15, 0.2) is 46.8 Å². The van der Waals surface area contributed by atoms with E-state index in [1.54, 1.807) is 11.3 Å². The summed E-state index contributed by atoms with van der Waals surface area (Å²) >= 11 is 15.0. The lowest BCUT2D eigenvalue weighted by molar-refractivity contribution is -0.118. The van der Waals surface area contributed by atoms with Crippen LogP contribution in [0.1, 0.15) is 5.56 Å². The van der Waals surface area contributed by atoms with E-state index in [4.69, 9.17) is 23.2 Å². The molecule has 0 saturated carbocycles. The number of rotatable bonds is 5. The first kappa shape index (κ1) is 16.6. The minimum absolute atomic E-state index is 0.0489. The summed E-state index contributed by atoms with van der Waals surface area (Å²) < 4.78 is 1.92. The van der Waals surface area contributed by atoms with E-state index in [2.05, 4.69) is 10.3 Å². The van der Waals surface area contributed by atoms with Gasteiger partial charge in [-0.1, -0.05) is 53.2 Å². The Morgan fingerprint density at radius 3 is 2.87 bits per heavy atom. The van der Waals surface area contributed by atoms with Gasteiger partial charge >= 0.3 is 0 Å². The molecule has 0 aliphatic heterocycles. The molecule has 0 aliphatic rings. The fraction of sp³-hybridized carbons (Fsp3) is 0.125. The number of carbonyl (C=O) groups is 1. The van der Waals surface area contributed by atoms with E-state index in [-0.39, 0.29) is 5.91 Å². The van der Waals surface area contributed by atoms with Gasteiger partial charge in [-0.3, -0.25) is 4.79 Å². The molecule has 0 fully saturated rings. The van der Waals surface area contributed by atoms with E-state index in [9.17, 15) is 4.79 Å². The average Bonchev–Trinajstić information content (AvgIpc) is 2.94. The smallest absolute Gasteiger partial charge is 0.230 e. The molecule has 7 heteroatoms. The van der Waals surface area contributed by atoms with E-state index >= 15 is 0 Å². The molecule has 1 amide bonds. The van der Waals surface area contributed by atoms with E-state index < -0.39 is 0 Å². The second-order valence-electron chi connectivity index (χ2n) is 4.75. The van der Waals surface area contributed by atoms with Crippen molar-refractivity contribution in [1.82, 2.24) is 10.3 Å². The van der Waals surface area contributed by atoms with Gasteiger partial charge in [-0.25, -0.2) is 4.98 Å². The number of nitrogens with zero attached hydrogens (tertiary/aromatic N) is 1. The van der Waals surface area contributed by atoms with Crippen molar-refractivity contribution in [2.24, 2.45) is 0 Å². The topological polar surface area (TPSA) is 42.0 Å². The molecule has 1 heterocycles. The number of hydrogen-bond donors (Lipinski definition) is 1. The molecule has 3 nitrogen and oxygen atoms in total. The normalized spacial score (nSPS) is 10.9. The molecule has 0 aliphatic carbocycles. The molecule has 3 aromatic rings. The lowest BCUT2D eigenvalue weighted by Crippen LogP contribution is -2.24. The summed E-state index contributed by atoms with van der Waals surface area (Å²) in [5, 5.41) is 4.18. The Morgan fingerprint density at radius 1 is 1.22 bits per heavy atom. The third kappa shape index (κ3) is 4.38. The van der Waals surface area contributed by atoms with Crippen molar-refractivity contribution in [3.63, 3.8) is 0 Å². The fourth-order valence-corrected chi connectivity index (χ4v) is 4.20. The highest BCUT2D eigenvalue weighted by Crippen LogP contribution is 2.30. The predicted molar refractivity (Wildman–Crippen MR) is 98.7 cm³/mol. The highest BCUT2D eigenvalue weighted by molar-refractivity contribution is 8.01. The second-order valence-corrected chi connectivity index (χ2v) is 7.85. The van der Waals surface area contributed by atoms with Gasteiger partial charge in [0.2, 0.25) is 5.91 Å².